The maximum Gasteiger partial charge on any atom is 0.254 e. The first-order valence-corrected chi connectivity index (χ1v) is 15.7. The van der Waals surface area contributed by atoms with Gasteiger partial charge in [-0.15, -0.1) is 0 Å². The number of pyridine rings is 1. The van der Waals surface area contributed by atoms with Crippen molar-refractivity contribution in [3.8, 4) is 22.7 Å². The number of hydrogen-bond donors (Lipinski definition) is 1. The van der Waals surface area contributed by atoms with Crippen molar-refractivity contribution in [1.29, 1.82) is 0 Å². The van der Waals surface area contributed by atoms with E-state index >= 15 is 0 Å². The molecule has 0 radical (unpaired) electrons. The molecule has 2 unspecified atom stereocenters. The largest absolute Gasteiger partial charge is 0.454 e. The highest BCUT2D eigenvalue weighted by atomic mass is 16.3. The van der Waals surface area contributed by atoms with Crippen LogP contribution in [-0.4, -0.2) is 38.9 Å². The van der Waals surface area contributed by atoms with Gasteiger partial charge in [-0.25, -0.2) is 4.98 Å². The summed E-state index contributed by atoms with van der Waals surface area (Å²) in [6.45, 7) is 6.74. The number of benzene rings is 2. The minimum Gasteiger partial charge on any atom is -0.454 e. The van der Waals surface area contributed by atoms with Gasteiger partial charge < -0.3 is 19.2 Å². The SMILES string of the molecule is Cc1c(-c2cc3ccc(-c4ccc5c(c4)CNC5=O)nc3n2CC2CC2)oc2cc(C(=O)N3CC4CCC3[C@@H]4C)ccc12. The summed E-state index contributed by atoms with van der Waals surface area (Å²) in [7, 11) is 0. The smallest absolute Gasteiger partial charge is 0.254 e. The molecule has 2 bridgehead atoms. The quantitative estimate of drug-likeness (QED) is 0.248. The molecule has 4 aliphatic rings. The van der Waals surface area contributed by atoms with Crippen LogP contribution in [0.3, 0.4) is 0 Å². The third-order valence-electron chi connectivity index (χ3n) is 10.7. The number of aryl methyl sites for hydroxylation is 1. The van der Waals surface area contributed by atoms with Gasteiger partial charge in [-0.2, -0.15) is 0 Å². The van der Waals surface area contributed by atoms with Gasteiger partial charge in [0.05, 0.1) is 11.4 Å². The van der Waals surface area contributed by atoms with E-state index in [4.69, 9.17) is 9.40 Å². The van der Waals surface area contributed by atoms with Gasteiger partial charge in [-0.3, -0.25) is 9.59 Å². The molecule has 9 rings (SSSR count). The van der Waals surface area contributed by atoms with Crippen molar-refractivity contribution in [3.05, 3.63) is 76.9 Å². The Bertz CT molecular complexity index is 2000. The molecule has 43 heavy (non-hydrogen) atoms. The number of furan rings is 1. The molecule has 2 amide bonds. The molecule has 3 fully saturated rings. The van der Waals surface area contributed by atoms with E-state index in [1.54, 1.807) is 0 Å². The molecule has 3 aromatic heterocycles. The van der Waals surface area contributed by atoms with E-state index in [0.717, 1.165) is 80.9 Å². The number of nitrogens with one attached hydrogen (secondary N) is 1. The Labute approximate surface area is 249 Å². The van der Waals surface area contributed by atoms with Crippen molar-refractivity contribution >= 4 is 33.8 Å². The number of carbonyl (C=O) groups excluding carboxylic acids is 2. The Hall–Kier alpha value is -4.39. The zero-order valence-corrected chi connectivity index (χ0v) is 24.5. The molecule has 2 aliphatic heterocycles. The number of rotatable bonds is 5. The van der Waals surface area contributed by atoms with E-state index in [2.05, 4.69) is 59.0 Å². The van der Waals surface area contributed by atoms with Gasteiger partial charge in [0.15, 0.2) is 5.76 Å². The van der Waals surface area contributed by atoms with Crippen molar-refractivity contribution in [1.82, 2.24) is 19.8 Å². The average molecular weight is 571 g/mol. The second kappa shape index (κ2) is 9.06. The molecule has 2 saturated carbocycles. The number of nitrogens with zero attached hydrogens (tertiary/aromatic N) is 3. The summed E-state index contributed by atoms with van der Waals surface area (Å²) >= 11 is 0. The molecule has 1 N–H and O–H groups in total. The third-order valence-corrected chi connectivity index (χ3v) is 10.7. The van der Waals surface area contributed by atoms with Crippen LogP contribution in [0.4, 0.5) is 0 Å². The number of amides is 2. The molecular weight excluding hydrogens is 536 g/mol. The summed E-state index contributed by atoms with van der Waals surface area (Å²) < 4.78 is 8.94. The van der Waals surface area contributed by atoms with Crippen LogP contribution in [0.5, 0.6) is 0 Å². The fraction of sp³-hybridized carbons (Fsp3) is 0.361. The van der Waals surface area contributed by atoms with Crippen LogP contribution >= 0.6 is 0 Å². The van der Waals surface area contributed by atoms with Gasteiger partial charge in [0.1, 0.15) is 11.2 Å². The lowest BCUT2D eigenvalue weighted by Gasteiger charge is -2.27. The molecule has 0 spiro atoms. The fourth-order valence-electron chi connectivity index (χ4n) is 7.92. The highest BCUT2D eigenvalue weighted by molar-refractivity contribution is 6.00. The molecule has 7 nitrogen and oxygen atoms in total. The fourth-order valence-corrected chi connectivity index (χ4v) is 7.92. The van der Waals surface area contributed by atoms with E-state index in [9.17, 15) is 9.59 Å². The summed E-state index contributed by atoms with van der Waals surface area (Å²) in [5.41, 5.74) is 8.20. The Morgan fingerprint density at radius 2 is 1.93 bits per heavy atom. The summed E-state index contributed by atoms with van der Waals surface area (Å²) in [5, 5.41) is 5.02. The molecule has 5 aromatic rings. The first kappa shape index (κ1) is 25.1. The number of fused-ring (bicyclic) bond motifs is 5. The number of likely N-dealkylation sites (tertiary alicyclic amines) is 1. The first-order valence-electron chi connectivity index (χ1n) is 15.7. The van der Waals surface area contributed by atoms with Crippen molar-refractivity contribution in [2.24, 2.45) is 17.8 Å². The third kappa shape index (κ3) is 3.83. The predicted molar refractivity (Wildman–Crippen MR) is 166 cm³/mol. The minimum atomic E-state index is -0.0109. The lowest BCUT2D eigenvalue weighted by Crippen LogP contribution is -2.38. The van der Waals surface area contributed by atoms with Crippen LogP contribution in [0, 0.1) is 24.7 Å². The van der Waals surface area contributed by atoms with Crippen LogP contribution in [0.1, 0.15) is 64.4 Å². The standard InChI is InChI=1S/C36H34N4O3/c1-19-25-8-12-30(19)40(18-25)36(42)24-6-9-27-20(2)33(43-32(27)15-24)31-14-23-7-11-29(38-34(23)39(31)17-21-3-4-21)22-5-10-28-26(13-22)16-37-35(28)41/h5-7,9-11,13-15,19,21,25,30H,3-4,8,12,16-18H2,1-2H3,(H,37,41)/t19-,25?,30?/m1/s1. The molecule has 2 aliphatic carbocycles. The van der Waals surface area contributed by atoms with Crippen LogP contribution in [0.15, 0.2) is 59.0 Å². The van der Waals surface area contributed by atoms with Crippen molar-refractivity contribution in [3.63, 3.8) is 0 Å². The van der Waals surface area contributed by atoms with Crippen LogP contribution in [-0.2, 0) is 13.1 Å². The normalized spacial score (nSPS) is 22.6. The van der Waals surface area contributed by atoms with Crippen LogP contribution in [0.2, 0.25) is 0 Å². The topological polar surface area (TPSA) is 80.4 Å². The van der Waals surface area contributed by atoms with Gasteiger partial charge in [-0.05, 0) is 98.4 Å². The minimum absolute atomic E-state index is 0.0109. The highest BCUT2D eigenvalue weighted by Crippen LogP contribution is 2.44. The van der Waals surface area contributed by atoms with Gasteiger partial charge >= 0.3 is 0 Å². The molecule has 5 heterocycles. The lowest BCUT2D eigenvalue weighted by molar-refractivity contribution is 0.0696. The predicted octanol–water partition coefficient (Wildman–Crippen LogP) is 6.95. The van der Waals surface area contributed by atoms with Gasteiger partial charge in [0.2, 0.25) is 0 Å². The van der Waals surface area contributed by atoms with E-state index < -0.39 is 0 Å². The second-order valence-electron chi connectivity index (χ2n) is 13.2. The van der Waals surface area contributed by atoms with Gasteiger partial charge in [0, 0.05) is 58.7 Å². The summed E-state index contributed by atoms with van der Waals surface area (Å²) in [6.07, 6.45) is 4.82. The van der Waals surface area contributed by atoms with E-state index in [0.29, 0.717) is 35.9 Å². The summed E-state index contributed by atoms with van der Waals surface area (Å²) in [5.74, 6) is 2.84. The maximum absolute atomic E-state index is 13.6. The Morgan fingerprint density at radius 3 is 2.72 bits per heavy atom. The number of aromatic nitrogens is 2. The summed E-state index contributed by atoms with van der Waals surface area (Å²) in [6, 6.07) is 18.7. The number of carbonyl (C=O) groups is 2. The first-order chi connectivity index (χ1) is 20.9. The average Bonchev–Trinajstić information content (AvgIpc) is 3.23. The molecule has 1 saturated heterocycles. The summed E-state index contributed by atoms with van der Waals surface area (Å²) in [4.78, 5) is 32.9. The Balaban J connectivity index is 1.11. The van der Waals surface area contributed by atoms with Gasteiger partial charge in [-0.1, -0.05) is 19.1 Å². The molecule has 3 atom stereocenters. The zero-order valence-electron chi connectivity index (χ0n) is 24.5. The lowest BCUT2D eigenvalue weighted by atomic mass is 10.0. The number of piperidine rings is 1. The van der Waals surface area contributed by atoms with Crippen molar-refractivity contribution in [2.75, 3.05) is 6.54 Å². The number of hydrogen-bond acceptors (Lipinski definition) is 4. The molecular formula is C36H34N4O3. The maximum atomic E-state index is 13.6. The zero-order chi connectivity index (χ0) is 29.0. The van der Waals surface area contributed by atoms with Crippen molar-refractivity contribution < 1.29 is 14.0 Å². The van der Waals surface area contributed by atoms with E-state index in [-0.39, 0.29) is 11.8 Å². The van der Waals surface area contributed by atoms with Gasteiger partial charge in [0.25, 0.3) is 11.8 Å². The Kier molecular flexibility index (Phi) is 5.29. The van der Waals surface area contributed by atoms with E-state index in [1.165, 1.54) is 19.3 Å². The van der Waals surface area contributed by atoms with Crippen LogP contribution in [0.25, 0.3) is 44.7 Å². The van der Waals surface area contributed by atoms with Crippen LogP contribution < -0.4 is 5.32 Å². The second-order valence-corrected chi connectivity index (χ2v) is 13.2. The van der Waals surface area contributed by atoms with E-state index in [1.807, 2.05) is 24.3 Å². The molecule has 2 aromatic carbocycles. The van der Waals surface area contributed by atoms with Crippen molar-refractivity contribution in [2.45, 2.75) is 58.7 Å². The Morgan fingerprint density at radius 1 is 1.05 bits per heavy atom. The molecule has 7 heteroatoms. The highest BCUT2D eigenvalue weighted by Gasteiger charge is 2.46. The monoisotopic (exact) mass is 570 g/mol. The molecule has 216 valence electrons.